The first-order valence-corrected chi connectivity index (χ1v) is 15.6. The molecule has 0 fully saturated rings. The summed E-state index contributed by atoms with van der Waals surface area (Å²) in [7, 11) is 0. The van der Waals surface area contributed by atoms with Crippen LogP contribution < -0.4 is 0 Å². The lowest BCUT2D eigenvalue weighted by atomic mass is 9.66. The summed E-state index contributed by atoms with van der Waals surface area (Å²) in [4.78, 5) is 13.9. The molecule has 0 amide bonds. The van der Waals surface area contributed by atoms with Gasteiger partial charge in [-0.05, 0) is 92.0 Å². The van der Waals surface area contributed by atoms with Crippen molar-refractivity contribution in [3.63, 3.8) is 0 Å². The highest BCUT2D eigenvalue weighted by molar-refractivity contribution is 6.09. The Morgan fingerprint density at radius 3 is 1.87 bits per heavy atom. The minimum atomic E-state index is -0.451. The zero-order chi connectivity index (χ0) is 30.2. The Morgan fingerprint density at radius 1 is 0.457 bits per heavy atom. The van der Waals surface area contributed by atoms with Gasteiger partial charge in [0.1, 0.15) is 5.65 Å². The van der Waals surface area contributed by atoms with Gasteiger partial charge in [0.2, 0.25) is 5.95 Å². The summed E-state index contributed by atoms with van der Waals surface area (Å²) in [6.45, 7) is 0. The number of rotatable bonds is 2. The summed E-state index contributed by atoms with van der Waals surface area (Å²) < 4.78 is 2.05. The summed E-state index contributed by atoms with van der Waals surface area (Å²) in [5.41, 5.74) is 14.1. The molecule has 0 saturated carbocycles. The SMILES string of the molecule is C1=Cc2ccccc2C2(c3ccccc31)c1ccccc1-c1ccc(-c3ccc4c(c3)c3cccnc3n4-c3ncccn3)cc12. The van der Waals surface area contributed by atoms with Crippen LogP contribution in [0.1, 0.15) is 33.4 Å². The van der Waals surface area contributed by atoms with E-state index < -0.39 is 5.41 Å². The van der Waals surface area contributed by atoms with Crippen molar-refractivity contribution in [3.8, 4) is 28.2 Å². The Bertz CT molecular complexity index is 2490. The summed E-state index contributed by atoms with van der Waals surface area (Å²) in [5, 5.41) is 2.20. The quantitative estimate of drug-likeness (QED) is 0.203. The molecule has 5 aromatic carbocycles. The number of benzene rings is 5. The van der Waals surface area contributed by atoms with E-state index in [9.17, 15) is 0 Å². The third-order valence-corrected chi connectivity index (χ3v) is 9.83. The second kappa shape index (κ2) is 9.43. The maximum absolute atomic E-state index is 4.75. The molecule has 10 rings (SSSR count). The normalized spacial score (nSPS) is 13.7. The Labute approximate surface area is 266 Å². The van der Waals surface area contributed by atoms with Gasteiger partial charge in [-0.15, -0.1) is 0 Å². The van der Waals surface area contributed by atoms with E-state index >= 15 is 0 Å². The monoisotopic (exact) mass is 586 g/mol. The molecule has 0 bridgehead atoms. The van der Waals surface area contributed by atoms with Gasteiger partial charge in [-0.2, -0.15) is 0 Å². The van der Waals surface area contributed by atoms with Gasteiger partial charge in [0.15, 0.2) is 0 Å². The molecule has 3 heterocycles. The van der Waals surface area contributed by atoms with Crippen molar-refractivity contribution in [2.75, 3.05) is 0 Å². The van der Waals surface area contributed by atoms with Gasteiger partial charge in [0, 0.05) is 29.4 Å². The van der Waals surface area contributed by atoms with Crippen LogP contribution in [0.25, 0.3) is 62.3 Å². The van der Waals surface area contributed by atoms with Gasteiger partial charge in [0.05, 0.1) is 10.9 Å². The summed E-state index contributed by atoms with van der Waals surface area (Å²) in [5.74, 6) is 0.616. The van der Waals surface area contributed by atoms with Gasteiger partial charge in [0.25, 0.3) is 0 Å². The van der Waals surface area contributed by atoms with Crippen molar-refractivity contribution in [2.45, 2.75) is 5.41 Å². The van der Waals surface area contributed by atoms with E-state index in [1.165, 1.54) is 50.1 Å². The lowest BCUT2D eigenvalue weighted by molar-refractivity contribution is 0.766. The molecule has 2 aliphatic carbocycles. The standard InChI is InChI=1S/C42H26N4/c1-4-13-35-27(9-1)16-17-28-10-2-5-14-36(28)42(35)37-15-6-3-11-31(37)32-20-18-30(26-38(32)42)29-19-21-39-34(25-29)33-12-7-22-43-40(33)46(39)41-44-23-8-24-45-41/h1-26H. The summed E-state index contributed by atoms with van der Waals surface area (Å²) in [6, 6.07) is 46.5. The predicted molar refractivity (Wildman–Crippen MR) is 186 cm³/mol. The van der Waals surface area contributed by atoms with E-state index in [-0.39, 0.29) is 0 Å². The third kappa shape index (κ3) is 3.30. The average Bonchev–Trinajstić information content (AvgIpc) is 3.55. The Balaban J connectivity index is 1.25. The fourth-order valence-electron chi connectivity index (χ4n) is 7.97. The predicted octanol–water partition coefficient (Wildman–Crippen LogP) is 9.48. The Kier molecular flexibility index (Phi) is 5.17. The number of fused-ring (bicyclic) bond motifs is 12. The molecule has 0 N–H and O–H groups in total. The average molecular weight is 587 g/mol. The lowest BCUT2D eigenvalue weighted by Crippen LogP contribution is -2.29. The van der Waals surface area contributed by atoms with Gasteiger partial charge in [-0.3, -0.25) is 4.57 Å². The molecule has 0 unspecified atom stereocenters. The number of hydrogen-bond acceptors (Lipinski definition) is 3. The van der Waals surface area contributed by atoms with Gasteiger partial charge < -0.3 is 0 Å². The van der Waals surface area contributed by atoms with Crippen LogP contribution in [-0.4, -0.2) is 19.5 Å². The molecule has 4 heteroatoms. The highest BCUT2D eigenvalue weighted by atomic mass is 15.2. The fourth-order valence-corrected chi connectivity index (χ4v) is 7.97. The topological polar surface area (TPSA) is 43.6 Å². The van der Waals surface area contributed by atoms with Crippen LogP contribution in [0.4, 0.5) is 0 Å². The largest absolute Gasteiger partial charge is 0.262 e. The first-order valence-electron chi connectivity index (χ1n) is 15.6. The molecular weight excluding hydrogens is 560 g/mol. The maximum atomic E-state index is 4.75. The maximum Gasteiger partial charge on any atom is 0.235 e. The van der Waals surface area contributed by atoms with Gasteiger partial charge in [-0.25, -0.2) is 15.0 Å². The zero-order valence-electron chi connectivity index (χ0n) is 24.8. The minimum absolute atomic E-state index is 0.451. The van der Waals surface area contributed by atoms with Crippen LogP contribution in [0.5, 0.6) is 0 Å². The van der Waals surface area contributed by atoms with Crippen LogP contribution in [0.2, 0.25) is 0 Å². The van der Waals surface area contributed by atoms with E-state index in [1.54, 1.807) is 12.4 Å². The first-order chi connectivity index (χ1) is 22.8. The molecule has 0 atom stereocenters. The second-order valence-electron chi connectivity index (χ2n) is 12.1. The molecule has 1 spiro atoms. The van der Waals surface area contributed by atoms with E-state index in [0.29, 0.717) is 5.95 Å². The molecule has 214 valence electrons. The van der Waals surface area contributed by atoms with Crippen molar-refractivity contribution in [1.29, 1.82) is 0 Å². The molecule has 46 heavy (non-hydrogen) atoms. The highest BCUT2D eigenvalue weighted by Gasteiger charge is 2.48. The van der Waals surface area contributed by atoms with Crippen LogP contribution in [0.15, 0.2) is 146 Å². The molecule has 2 aliphatic rings. The number of nitrogens with zero attached hydrogens (tertiary/aromatic N) is 4. The third-order valence-electron chi connectivity index (χ3n) is 9.83. The zero-order valence-corrected chi connectivity index (χ0v) is 24.8. The van der Waals surface area contributed by atoms with Gasteiger partial charge in [-0.1, -0.05) is 103 Å². The van der Waals surface area contributed by atoms with Crippen molar-refractivity contribution < 1.29 is 0 Å². The van der Waals surface area contributed by atoms with Crippen molar-refractivity contribution in [3.05, 3.63) is 179 Å². The molecule has 0 radical (unpaired) electrons. The number of pyridine rings is 1. The molecule has 4 nitrogen and oxygen atoms in total. The van der Waals surface area contributed by atoms with Crippen molar-refractivity contribution in [1.82, 2.24) is 19.5 Å². The summed E-state index contributed by atoms with van der Waals surface area (Å²) in [6.07, 6.45) is 9.93. The molecule has 0 saturated heterocycles. The van der Waals surface area contributed by atoms with Crippen LogP contribution in [-0.2, 0) is 5.41 Å². The smallest absolute Gasteiger partial charge is 0.235 e. The van der Waals surface area contributed by atoms with E-state index in [2.05, 4.69) is 142 Å². The fraction of sp³-hybridized carbons (Fsp3) is 0.0238. The van der Waals surface area contributed by atoms with Crippen LogP contribution >= 0.6 is 0 Å². The van der Waals surface area contributed by atoms with E-state index in [0.717, 1.165) is 27.5 Å². The van der Waals surface area contributed by atoms with Crippen LogP contribution in [0.3, 0.4) is 0 Å². The van der Waals surface area contributed by atoms with E-state index in [4.69, 9.17) is 4.98 Å². The lowest BCUT2D eigenvalue weighted by Gasteiger charge is -2.35. The van der Waals surface area contributed by atoms with Crippen LogP contribution in [0, 0.1) is 0 Å². The molecule has 3 aromatic heterocycles. The summed E-state index contributed by atoms with van der Waals surface area (Å²) >= 11 is 0. The number of hydrogen-bond donors (Lipinski definition) is 0. The van der Waals surface area contributed by atoms with Gasteiger partial charge >= 0.3 is 0 Å². The first kappa shape index (κ1) is 25.2. The second-order valence-corrected chi connectivity index (χ2v) is 12.1. The van der Waals surface area contributed by atoms with Crippen molar-refractivity contribution >= 4 is 34.1 Å². The Morgan fingerprint density at radius 2 is 1.09 bits per heavy atom. The molecule has 8 aromatic rings. The minimum Gasteiger partial charge on any atom is -0.262 e. The number of aromatic nitrogens is 4. The highest BCUT2D eigenvalue weighted by Crippen LogP contribution is 2.59. The van der Waals surface area contributed by atoms with Crippen molar-refractivity contribution in [2.24, 2.45) is 0 Å². The Hall–Kier alpha value is -6.13. The molecule has 0 aliphatic heterocycles. The van der Waals surface area contributed by atoms with E-state index in [1.807, 2.05) is 18.3 Å². The molecular formula is C42H26N4.